The van der Waals surface area contributed by atoms with E-state index in [4.69, 9.17) is 21.6 Å². The van der Waals surface area contributed by atoms with Crippen molar-refractivity contribution in [2.45, 2.75) is 4.90 Å². The first kappa shape index (κ1) is 17.8. The number of carbonyl (C=O) groups is 2. The highest BCUT2D eigenvalue weighted by Crippen LogP contribution is 2.26. The van der Waals surface area contributed by atoms with E-state index in [1.165, 1.54) is 24.0 Å². The maximum absolute atomic E-state index is 11.9. The van der Waals surface area contributed by atoms with Crippen LogP contribution in [-0.4, -0.2) is 29.2 Å². The molecule has 0 saturated heterocycles. The van der Waals surface area contributed by atoms with Crippen molar-refractivity contribution in [3.63, 3.8) is 0 Å². The molecule has 0 fully saturated rings. The van der Waals surface area contributed by atoms with Gasteiger partial charge in [-0.05, 0) is 24.3 Å². The number of halogens is 1. The molecule has 1 N–H and O–H groups in total. The van der Waals surface area contributed by atoms with Crippen LogP contribution in [0.25, 0.3) is 0 Å². The van der Waals surface area contributed by atoms with Gasteiger partial charge in [-0.3, -0.25) is 4.79 Å². The van der Waals surface area contributed by atoms with Gasteiger partial charge in [-0.15, -0.1) is 11.8 Å². The Morgan fingerprint density at radius 1 is 1.29 bits per heavy atom. The number of aromatic nitrogens is 1. The number of pyridine rings is 1. The molecule has 8 heteroatoms. The minimum absolute atomic E-state index is 0.0150. The number of amides is 1. The van der Waals surface area contributed by atoms with Crippen LogP contribution in [0.15, 0.2) is 47.5 Å². The van der Waals surface area contributed by atoms with Crippen LogP contribution in [0.5, 0.6) is 0 Å². The van der Waals surface area contributed by atoms with Crippen molar-refractivity contribution in [2.24, 2.45) is 0 Å². The number of ether oxygens (including phenoxy) is 1. The molecule has 1 aromatic heterocycles. The Bertz CT molecular complexity index is 792. The fourth-order valence-corrected chi connectivity index (χ4v) is 2.61. The summed E-state index contributed by atoms with van der Waals surface area (Å²) in [5, 5.41) is 11.3. The van der Waals surface area contributed by atoms with Gasteiger partial charge in [0, 0.05) is 11.1 Å². The summed E-state index contributed by atoms with van der Waals surface area (Å²) in [6.45, 7) is -0.457. The lowest BCUT2D eigenvalue weighted by atomic mass is 10.3. The molecule has 122 valence electrons. The third kappa shape index (κ3) is 4.98. The first-order valence-corrected chi connectivity index (χ1v) is 8.14. The molecule has 0 radical (unpaired) electrons. The predicted octanol–water partition coefficient (Wildman–Crippen LogP) is 3.15. The third-order valence-corrected chi connectivity index (χ3v) is 4.01. The predicted molar refractivity (Wildman–Crippen MR) is 90.9 cm³/mol. The van der Waals surface area contributed by atoms with Crippen molar-refractivity contribution in [2.75, 3.05) is 17.7 Å². The summed E-state index contributed by atoms with van der Waals surface area (Å²) in [5.74, 6) is -0.953. The highest BCUT2D eigenvalue weighted by Gasteiger charge is 2.14. The molecular formula is C16H12ClN3O3S. The molecule has 0 saturated carbocycles. The average molecular weight is 362 g/mol. The molecule has 0 aliphatic heterocycles. The van der Waals surface area contributed by atoms with Gasteiger partial charge in [0.2, 0.25) is 0 Å². The number of esters is 1. The topological polar surface area (TPSA) is 92.1 Å². The maximum atomic E-state index is 11.9. The Morgan fingerprint density at radius 2 is 2.08 bits per heavy atom. The summed E-state index contributed by atoms with van der Waals surface area (Å²) in [5.41, 5.74) is 0.648. The number of nitriles is 1. The monoisotopic (exact) mass is 361 g/mol. The fraction of sp³-hybridized carbons (Fsp3) is 0.125. The van der Waals surface area contributed by atoms with Gasteiger partial charge in [0.1, 0.15) is 5.15 Å². The quantitative estimate of drug-likeness (QED) is 0.482. The van der Waals surface area contributed by atoms with E-state index in [0.29, 0.717) is 5.69 Å². The molecule has 0 unspecified atom stereocenters. The summed E-state index contributed by atoms with van der Waals surface area (Å²) < 4.78 is 4.93. The molecule has 24 heavy (non-hydrogen) atoms. The van der Waals surface area contributed by atoms with Crippen molar-refractivity contribution in [1.29, 1.82) is 5.26 Å². The Kier molecular flexibility index (Phi) is 6.61. The van der Waals surface area contributed by atoms with Crippen molar-refractivity contribution in [3.8, 4) is 6.07 Å². The zero-order valence-corrected chi connectivity index (χ0v) is 13.9. The standard InChI is InChI=1S/C16H12ClN3O3S/c17-15-11(4-3-8-19-15)16(22)23-10-14(21)20-12-5-1-2-6-13(12)24-9-7-18/h1-6,8H,9-10H2,(H,20,21). The van der Waals surface area contributed by atoms with Gasteiger partial charge in [0.05, 0.1) is 23.1 Å². The first-order valence-electron chi connectivity index (χ1n) is 6.78. The summed E-state index contributed by atoms with van der Waals surface area (Å²) in [4.78, 5) is 28.3. The highest BCUT2D eigenvalue weighted by atomic mass is 35.5. The van der Waals surface area contributed by atoms with Crippen LogP contribution in [0.1, 0.15) is 10.4 Å². The second-order valence-corrected chi connectivity index (χ2v) is 5.78. The minimum Gasteiger partial charge on any atom is -0.452 e. The van der Waals surface area contributed by atoms with Crippen LogP contribution in [0, 0.1) is 11.3 Å². The third-order valence-electron chi connectivity index (χ3n) is 2.77. The Balaban J connectivity index is 1.94. The van der Waals surface area contributed by atoms with Gasteiger partial charge in [0.15, 0.2) is 6.61 Å². The molecule has 6 nitrogen and oxygen atoms in total. The second-order valence-electron chi connectivity index (χ2n) is 4.41. The average Bonchev–Trinajstić information content (AvgIpc) is 2.59. The molecule has 1 amide bonds. The SMILES string of the molecule is N#CCSc1ccccc1NC(=O)COC(=O)c1cccnc1Cl. The Morgan fingerprint density at radius 3 is 2.83 bits per heavy atom. The van der Waals surface area contributed by atoms with E-state index in [2.05, 4.69) is 10.3 Å². The normalized spacial score (nSPS) is 9.83. The lowest BCUT2D eigenvalue weighted by Gasteiger charge is -2.10. The minimum atomic E-state index is -0.726. The second kappa shape index (κ2) is 8.91. The van der Waals surface area contributed by atoms with Crippen LogP contribution >= 0.6 is 23.4 Å². The van der Waals surface area contributed by atoms with E-state index in [1.807, 2.05) is 6.07 Å². The van der Waals surface area contributed by atoms with Crippen LogP contribution in [0.4, 0.5) is 5.69 Å². The van der Waals surface area contributed by atoms with Crippen LogP contribution in [0.2, 0.25) is 5.15 Å². The van der Waals surface area contributed by atoms with Gasteiger partial charge in [-0.2, -0.15) is 5.26 Å². The molecule has 2 aromatic rings. The van der Waals surface area contributed by atoms with Gasteiger partial charge in [-0.25, -0.2) is 9.78 Å². The molecule has 2 rings (SSSR count). The number of nitrogens with one attached hydrogen (secondary N) is 1. The lowest BCUT2D eigenvalue weighted by molar-refractivity contribution is -0.119. The molecule has 1 aromatic carbocycles. The molecular weight excluding hydrogens is 350 g/mol. The zero-order chi connectivity index (χ0) is 17.4. The summed E-state index contributed by atoms with van der Waals surface area (Å²) in [6, 6.07) is 12.1. The van der Waals surface area contributed by atoms with E-state index in [0.717, 1.165) is 4.90 Å². The highest BCUT2D eigenvalue weighted by molar-refractivity contribution is 7.99. The van der Waals surface area contributed by atoms with Gasteiger partial charge >= 0.3 is 5.97 Å². The zero-order valence-electron chi connectivity index (χ0n) is 12.4. The number of rotatable bonds is 6. The van der Waals surface area contributed by atoms with E-state index < -0.39 is 18.5 Å². The summed E-state index contributed by atoms with van der Waals surface area (Å²) in [7, 11) is 0. The number of thioether (sulfide) groups is 1. The van der Waals surface area contributed by atoms with E-state index in [1.54, 1.807) is 30.3 Å². The number of nitrogens with zero attached hydrogens (tertiary/aromatic N) is 2. The van der Waals surface area contributed by atoms with Crippen molar-refractivity contribution in [3.05, 3.63) is 53.3 Å². The summed E-state index contributed by atoms with van der Waals surface area (Å²) in [6.07, 6.45) is 1.45. The lowest BCUT2D eigenvalue weighted by Crippen LogP contribution is -2.21. The summed E-state index contributed by atoms with van der Waals surface area (Å²) >= 11 is 7.09. The van der Waals surface area contributed by atoms with Gasteiger partial charge in [-0.1, -0.05) is 23.7 Å². The van der Waals surface area contributed by atoms with Crippen LogP contribution in [0.3, 0.4) is 0 Å². The Hall–Kier alpha value is -2.56. The number of benzene rings is 1. The molecule has 0 spiro atoms. The van der Waals surface area contributed by atoms with Crippen molar-refractivity contribution in [1.82, 2.24) is 4.98 Å². The molecule has 0 aliphatic rings. The van der Waals surface area contributed by atoms with Gasteiger partial charge in [0.25, 0.3) is 5.91 Å². The molecule has 0 atom stereocenters. The van der Waals surface area contributed by atoms with E-state index in [-0.39, 0.29) is 16.5 Å². The smallest absolute Gasteiger partial charge is 0.341 e. The van der Waals surface area contributed by atoms with Crippen LogP contribution in [-0.2, 0) is 9.53 Å². The van der Waals surface area contributed by atoms with Crippen molar-refractivity contribution < 1.29 is 14.3 Å². The van der Waals surface area contributed by atoms with E-state index >= 15 is 0 Å². The van der Waals surface area contributed by atoms with Crippen LogP contribution < -0.4 is 5.32 Å². The number of hydrogen-bond acceptors (Lipinski definition) is 6. The molecule has 0 aliphatic carbocycles. The number of hydrogen-bond donors (Lipinski definition) is 1. The van der Waals surface area contributed by atoms with E-state index in [9.17, 15) is 9.59 Å². The fourth-order valence-electron chi connectivity index (χ4n) is 1.74. The number of para-hydroxylation sites is 1. The molecule has 1 heterocycles. The van der Waals surface area contributed by atoms with Crippen molar-refractivity contribution >= 4 is 40.9 Å². The molecule has 0 bridgehead atoms. The largest absolute Gasteiger partial charge is 0.452 e. The number of carbonyl (C=O) groups excluding carboxylic acids is 2. The maximum Gasteiger partial charge on any atom is 0.341 e. The first-order chi connectivity index (χ1) is 11.6. The van der Waals surface area contributed by atoms with Gasteiger partial charge < -0.3 is 10.1 Å². The Labute approximate surface area is 147 Å². The number of anilines is 1.